The van der Waals surface area contributed by atoms with Gasteiger partial charge >= 0.3 is 0 Å². The van der Waals surface area contributed by atoms with E-state index >= 15 is 0 Å². The van der Waals surface area contributed by atoms with Crippen LogP contribution in [0.3, 0.4) is 0 Å². The van der Waals surface area contributed by atoms with Gasteiger partial charge in [0.05, 0.1) is 0 Å². The van der Waals surface area contributed by atoms with E-state index in [9.17, 15) is 4.79 Å². The summed E-state index contributed by atoms with van der Waals surface area (Å²) in [5.74, 6) is 1.79. The number of carbonyl (C=O) groups excluding carboxylic acids is 1. The predicted octanol–water partition coefficient (Wildman–Crippen LogP) is 6.80. The summed E-state index contributed by atoms with van der Waals surface area (Å²) in [7, 11) is 0. The van der Waals surface area contributed by atoms with Crippen molar-refractivity contribution in [2.24, 2.45) is 0 Å². The molecule has 122 valence electrons. The molecule has 0 aromatic rings. The second-order valence-corrected chi connectivity index (χ2v) is 6.06. The molecule has 0 rings (SSSR count). The molecule has 1 nitrogen and oxygen atoms in total. The quantitative estimate of drug-likeness (QED) is 0.174. The van der Waals surface area contributed by atoms with Gasteiger partial charge in [0.15, 0.2) is 0 Å². The molecule has 0 aliphatic carbocycles. The van der Waals surface area contributed by atoms with Gasteiger partial charge in [0, 0.05) is 6.08 Å². The Balaban J connectivity index is 3.02. The molecule has 0 aromatic carbocycles. The van der Waals surface area contributed by atoms with Gasteiger partial charge in [-0.1, -0.05) is 96.1 Å². The van der Waals surface area contributed by atoms with Gasteiger partial charge in [0.1, 0.15) is 5.94 Å². The third-order valence-electron chi connectivity index (χ3n) is 3.98. The number of hydrogen-bond acceptors (Lipinski definition) is 1. The second-order valence-electron chi connectivity index (χ2n) is 6.06. The molecule has 0 spiro atoms. The van der Waals surface area contributed by atoms with Gasteiger partial charge in [-0.2, -0.15) is 0 Å². The van der Waals surface area contributed by atoms with E-state index in [-0.39, 0.29) is 0 Å². The lowest BCUT2D eigenvalue weighted by molar-refractivity contribution is 0.540. The third kappa shape index (κ3) is 19.2. The first-order chi connectivity index (χ1) is 10.4. The minimum Gasteiger partial charge on any atom is -0.234 e. The van der Waals surface area contributed by atoms with Crippen molar-refractivity contribution in [3.05, 3.63) is 18.2 Å². The zero-order chi connectivity index (χ0) is 15.4. The molecular formula is C20H36O. The molecule has 0 aromatic heterocycles. The zero-order valence-electron chi connectivity index (χ0n) is 14.2. The largest absolute Gasteiger partial charge is 0.234 e. The summed E-state index contributed by atoms with van der Waals surface area (Å²) in [6.07, 6.45) is 26.0. The third-order valence-corrected chi connectivity index (χ3v) is 3.98. The number of hydrogen-bond donors (Lipinski definition) is 0. The monoisotopic (exact) mass is 292 g/mol. The smallest absolute Gasteiger partial charge is 0.120 e. The maximum Gasteiger partial charge on any atom is 0.120 e. The highest BCUT2D eigenvalue weighted by molar-refractivity contribution is 5.45. The van der Waals surface area contributed by atoms with Crippen LogP contribution in [0.25, 0.3) is 0 Å². The predicted molar refractivity (Wildman–Crippen MR) is 94.3 cm³/mol. The molecule has 0 radical (unpaired) electrons. The van der Waals surface area contributed by atoms with Crippen LogP contribution in [0.15, 0.2) is 18.2 Å². The minimum atomic E-state index is 0.738. The van der Waals surface area contributed by atoms with Gasteiger partial charge in [0.25, 0.3) is 0 Å². The highest BCUT2D eigenvalue weighted by atomic mass is 16.1. The highest BCUT2D eigenvalue weighted by Gasteiger charge is 1.93. The van der Waals surface area contributed by atoms with Crippen molar-refractivity contribution in [3.63, 3.8) is 0 Å². The van der Waals surface area contributed by atoms with Crippen molar-refractivity contribution in [3.8, 4) is 0 Å². The van der Waals surface area contributed by atoms with Crippen LogP contribution in [-0.2, 0) is 4.79 Å². The lowest BCUT2D eigenvalue weighted by Gasteiger charge is -2.02. The minimum absolute atomic E-state index is 0.738. The van der Waals surface area contributed by atoms with Crippen molar-refractivity contribution in [1.82, 2.24) is 0 Å². The van der Waals surface area contributed by atoms with E-state index in [4.69, 9.17) is 0 Å². The molecule has 21 heavy (non-hydrogen) atoms. The maximum atomic E-state index is 9.95. The van der Waals surface area contributed by atoms with E-state index in [2.05, 4.69) is 19.1 Å². The molecule has 0 N–H and O–H groups in total. The molecule has 0 unspecified atom stereocenters. The van der Waals surface area contributed by atoms with Crippen LogP contribution in [0.1, 0.15) is 103 Å². The van der Waals surface area contributed by atoms with E-state index in [0.29, 0.717) is 0 Å². The summed E-state index contributed by atoms with van der Waals surface area (Å²) in [5, 5.41) is 0. The van der Waals surface area contributed by atoms with Gasteiger partial charge in [-0.05, 0) is 19.3 Å². The van der Waals surface area contributed by atoms with Crippen LogP contribution in [0, 0.1) is 0 Å². The molecule has 0 heterocycles. The van der Waals surface area contributed by atoms with Crippen molar-refractivity contribution in [1.29, 1.82) is 0 Å². The summed E-state index contributed by atoms with van der Waals surface area (Å²) < 4.78 is 0. The Morgan fingerprint density at radius 2 is 1.14 bits per heavy atom. The SMILES string of the molecule is CCCCCCCCCCCCCCC/C=C/CC=C=O. The molecule has 1 heteroatoms. The summed E-state index contributed by atoms with van der Waals surface area (Å²) >= 11 is 0. The average molecular weight is 293 g/mol. The van der Waals surface area contributed by atoms with Crippen LogP contribution in [-0.4, -0.2) is 5.94 Å². The lowest BCUT2D eigenvalue weighted by Crippen LogP contribution is -1.82. The van der Waals surface area contributed by atoms with Gasteiger partial charge in [0.2, 0.25) is 0 Å². The van der Waals surface area contributed by atoms with Crippen LogP contribution < -0.4 is 0 Å². The molecular weight excluding hydrogens is 256 g/mol. The Kier molecular flexibility index (Phi) is 18.4. The van der Waals surface area contributed by atoms with E-state index in [1.54, 1.807) is 5.94 Å². The second kappa shape index (κ2) is 19.2. The first-order valence-electron chi connectivity index (χ1n) is 9.26. The van der Waals surface area contributed by atoms with Gasteiger partial charge in [-0.15, -0.1) is 0 Å². The topological polar surface area (TPSA) is 17.1 Å². The maximum absolute atomic E-state index is 9.95. The van der Waals surface area contributed by atoms with Crippen LogP contribution >= 0.6 is 0 Å². The van der Waals surface area contributed by atoms with E-state index < -0.39 is 0 Å². The van der Waals surface area contributed by atoms with Crippen LogP contribution in [0.4, 0.5) is 0 Å². The molecule has 0 aliphatic heterocycles. The average Bonchev–Trinajstić information content (AvgIpc) is 2.50. The Labute approximate surface area is 132 Å². The fourth-order valence-electron chi connectivity index (χ4n) is 2.61. The summed E-state index contributed by atoms with van der Waals surface area (Å²) in [6.45, 7) is 2.28. The van der Waals surface area contributed by atoms with E-state index in [1.807, 2.05) is 0 Å². The first-order valence-corrected chi connectivity index (χ1v) is 9.26. The molecule has 0 atom stereocenters. The van der Waals surface area contributed by atoms with E-state index in [0.717, 1.165) is 12.8 Å². The van der Waals surface area contributed by atoms with Crippen LogP contribution in [0.5, 0.6) is 0 Å². The Bertz CT molecular complexity index is 261. The van der Waals surface area contributed by atoms with Gasteiger partial charge in [-0.3, -0.25) is 0 Å². The lowest BCUT2D eigenvalue weighted by atomic mass is 10.0. The zero-order valence-corrected chi connectivity index (χ0v) is 14.2. The van der Waals surface area contributed by atoms with Crippen molar-refractivity contribution in [2.45, 2.75) is 103 Å². The molecule has 0 saturated heterocycles. The fraction of sp³-hybridized carbons (Fsp3) is 0.800. The summed E-state index contributed by atoms with van der Waals surface area (Å²) in [6, 6.07) is 0. The Morgan fingerprint density at radius 1 is 0.667 bits per heavy atom. The molecule has 0 fully saturated rings. The standard InChI is InChI=1S/C20H36O/c1-2-3-4-5-6-7-8-9-10-11-12-13-14-15-16-17-18-19-20-21/h16-17,19H,2-15,18H2,1H3/b17-16+. The fourth-order valence-corrected chi connectivity index (χ4v) is 2.61. The van der Waals surface area contributed by atoms with Gasteiger partial charge < -0.3 is 0 Å². The van der Waals surface area contributed by atoms with Gasteiger partial charge in [-0.25, -0.2) is 4.79 Å². The Hall–Kier alpha value is -0.810. The number of rotatable bonds is 16. The molecule has 0 aliphatic rings. The van der Waals surface area contributed by atoms with Crippen molar-refractivity contribution < 1.29 is 4.79 Å². The van der Waals surface area contributed by atoms with Crippen LogP contribution in [0.2, 0.25) is 0 Å². The Morgan fingerprint density at radius 3 is 1.62 bits per heavy atom. The summed E-state index contributed by atoms with van der Waals surface area (Å²) in [5.41, 5.74) is 0. The number of unbranched alkanes of at least 4 members (excludes halogenated alkanes) is 13. The number of allylic oxidation sites excluding steroid dienone is 3. The molecule has 0 amide bonds. The normalized spacial score (nSPS) is 10.9. The first kappa shape index (κ1) is 20.2. The van der Waals surface area contributed by atoms with Crippen molar-refractivity contribution >= 4 is 5.94 Å². The molecule has 0 bridgehead atoms. The van der Waals surface area contributed by atoms with E-state index in [1.165, 1.54) is 89.5 Å². The molecule has 0 saturated carbocycles. The summed E-state index contributed by atoms with van der Waals surface area (Å²) in [4.78, 5) is 9.95. The highest BCUT2D eigenvalue weighted by Crippen LogP contribution is 2.12. The van der Waals surface area contributed by atoms with Crippen molar-refractivity contribution in [2.75, 3.05) is 0 Å².